The average Bonchev–Trinajstić information content (AvgIpc) is 2.48. The molecule has 20 heavy (non-hydrogen) atoms. The lowest BCUT2D eigenvalue weighted by Gasteiger charge is -2.38. The second kappa shape index (κ2) is 5.90. The largest absolute Gasteiger partial charge is 0.366 e. The van der Waals surface area contributed by atoms with E-state index in [1.54, 1.807) is 12.1 Å². The summed E-state index contributed by atoms with van der Waals surface area (Å²) in [5, 5.41) is 3.06. The van der Waals surface area contributed by atoms with Gasteiger partial charge < -0.3 is 11.1 Å². The van der Waals surface area contributed by atoms with Gasteiger partial charge in [0.1, 0.15) is 0 Å². The Bertz CT molecular complexity index is 531. The fourth-order valence-electron chi connectivity index (χ4n) is 2.90. The van der Waals surface area contributed by atoms with Gasteiger partial charge in [-0.1, -0.05) is 38.0 Å². The molecule has 1 saturated carbocycles. The summed E-state index contributed by atoms with van der Waals surface area (Å²) in [6.45, 7) is 3.51. The number of amides is 2. The molecule has 0 spiro atoms. The molecule has 1 aliphatic carbocycles. The SMILES string of the molecule is C=CC(=O)NC1(c2cccc(C(N)=O)c2)CCCCC1. The second-order valence-electron chi connectivity index (χ2n) is 5.28. The summed E-state index contributed by atoms with van der Waals surface area (Å²) in [7, 11) is 0. The third kappa shape index (κ3) is 2.90. The predicted octanol–water partition coefficient (Wildman–Crippen LogP) is 2.25. The molecule has 0 heterocycles. The highest BCUT2D eigenvalue weighted by Gasteiger charge is 2.35. The number of rotatable bonds is 4. The molecular formula is C16H20N2O2. The normalized spacial score (nSPS) is 17.2. The molecule has 0 atom stereocenters. The Hall–Kier alpha value is -2.10. The van der Waals surface area contributed by atoms with Crippen molar-refractivity contribution in [2.45, 2.75) is 37.6 Å². The Balaban J connectivity index is 2.39. The van der Waals surface area contributed by atoms with Gasteiger partial charge in [0.15, 0.2) is 0 Å². The summed E-state index contributed by atoms with van der Waals surface area (Å²) in [4.78, 5) is 23.1. The summed E-state index contributed by atoms with van der Waals surface area (Å²) < 4.78 is 0. The maximum atomic E-state index is 11.8. The van der Waals surface area contributed by atoms with E-state index in [4.69, 9.17) is 5.73 Å². The number of carbonyl (C=O) groups is 2. The highest BCUT2D eigenvalue weighted by Crippen LogP contribution is 2.37. The van der Waals surface area contributed by atoms with Crippen LogP contribution in [0.3, 0.4) is 0 Å². The van der Waals surface area contributed by atoms with Crippen LogP contribution >= 0.6 is 0 Å². The molecule has 0 bridgehead atoms. The lowest BCUT2D eigenvalue weighted by Crippen LogP contribution is -2.46. The predicted molar refractivity (Wildman–Crippen MR) is 78.1 cm³/mol. The summed E-state index contributed by atoms with van der Waals surface area (Å²) in [5.41, 5.74) is 6.35. The summed E-state index contributed by atoms with van der Waals surface area (Å²) in [6, 6.07) is 7.24. The van der Waals surface area contributed by atoms with Gasteiger partial charge in [-0.25, -0.2) is 0 Å². The second-order valence-corrected chi connectivity index (χ2v) is 5.28. The molecular weight excluding hydrogens is 252 g/mol. The standard InChI is InChI=1S/C16H20N2O2/c1-2-14(19)18-16(9-4-3-5-10-16)13-8-6-7-12(11-13)15(17)20/h2,6-8,11H,1,3-5,9-10H2,(H2,17,20)(H,18,19). The first-order chi connectivity index (χ1) is 9.57. The number of benzene rings is 1. The van der Waals surface area contributed by atoms with Crippen LogP contribution in [0.5, 0.6) is 0 Å². The quantitative estimate of drug-likeness (QED) is 0.825. The lowest BCUT2D eigenvalue weighted by molar-refractivity contribution is -0.118. The van der Waals surface area contributed by atoms with Crippen molar-refractivity contribution >= 4 is 11.8 Å². The van der Waals surface area contributed by atoms with Crippen LogP contribution in [0.1, 0.15) is 48.0 Å². The Kier molecular flexibility index (Phi) is 4.23. The van der Waals surface area contributed by atoms with Crippen molar-refractivity contribution in [3.63, 3.8) is 0 Å². The molecule has 0 aliphatic heterocycles. The summed E-state index contributed by atoms with van der Waals surface area (Å²) in [5.74, 6) is -0.635. The zero-order chi connectivity index (χ0) is 14.6. The molecule has 0 saturated heterocycles. The molecule has 1 aromatic rings. The van der Waals surface area contributed by atoms with Crippen LogP contribution in [0.2, 0.25) is 0 Å². The fourth-order valence-corrected chi connectivity index (χ4v) is 2.90. The van der Waals surface area contributed by atoms with E-state index in [2.05, 4.69) is 11.9 Å². The Morgan fingerprint density at radius 3 is 2.55 bits per heavy atom. The maximum absolute atomic E-state index is 11.8. The van der Waals surface area contributed by atoms with E-state index >= 15 is 0 Å². The van der Waals surface area contributed by atoms with Crippen molar-refractivity contribution in [3.05, 3.63) is 48.0 Å². The van der Waals surface area contributed by atoms with E-state index in [0.29, 0.717) is 5.56 Å². The van der Waals surface area contributed by atoms with Gasteiger partial charge in [-0.15, -0.1) is 0 Å². The summed E-state index contributed by atoms with van der Waals surface area (Å²) >= 11 is 0. The van der Waals surface area contributed by atoms with Crippen LogP contribution in [0, 0.1) is 0 Å². The van der Waals surface area contributed by atoms with Gasteiger partial charge in [0.2, 0.25) is 11.8 Å². The van der Waals surface area contributed by atoms with Gasteiger partial charge in [0, 0.05) is 5.56 Å². The molecule has 0 aromatic heterocycles. The van der Waals surface area contributed by atoms with Gasteiger partial charge >= 0.3 is 0 Å². The first-order valence-electron chi connectivity index (χ1n) is 6.92. The molecule has 2 rings (SSSR count). The highest BCUT2D eigenvalue weighted by molar-refractivity contribution is 5.93. The first-order valence-corrected chi connectivity index (χ1v) is 6.92. The Morgan fingerprint density at radius 2 is 1.95 bits per heavy atom. The van der Waals surface area contributed by atoms with Crippen LogP contribution in [0.15, 0.2) is 36.9 Å². The smallest absolute Gasteiger partial charge is 0.248 e. The van der Waals surface area contributed by atoms with Crippen LogP contribution < -0.4 is 11.1 Å². The number of nitrogens with two attached hydrogens (primary N) is 1. The number of hydrogen-bond acceptors (Lipinski definition) is 2. The highest BCUT2D eigenvalue weighted by atomic mass is 16.2. The van der Waals surface area contributed by atoms with Crippen molar-refractivity contribution in [2.75, 3.05) is 0 Å². The lowest BCUT2D eigenvalue weighted by atomic mass is 9.76. The fraction of sp³-hybridized carbons (Fsp3) is 0.375. The molecule has 1 fully saturated rings. The zero-order valence-corrected chi connectivity index (χ0v) is 11.5. The summed E-state index contributed by atoms with van der Waals surface area (Å²) in [6.07, 6.45) is 6.30. The van der Waals surface area contributed by atoms with Gasteiger partial charge in [-0.05, 0) is 36.6 Å². The zero-order valence-electron chi connectivity index (χ0n) is 11.5. The van der Waals surface area contributed by atoms with Crippen LogP contribution in [0.25, 0.3) is 0 Å². The molecule has 4 heteroatoms. The average molecular weight is 272 g/mol. The van der Waals surface area contributed by atoms with E-state index in [0.717, 1.165) is 31.2 Å². The van der Waals surface area contributed by atoms with E-state index in [9.17, 15) is 9.59 Å². The third-order valence-electron chi connectivity index (χ3n) is 3.95. The van der Waals surface area contributed by atoms with E-state index in [1.807, 2.05) is 12.1 Å². The van der Waals surface area contributed by atoms with E-state index < -0.39 is 11.4 Å². The molecule has 2 amide bonds. The van der Waals surface area contributed by atoms with Crippen molar-refractivity contribution in [1.29, 1.82) is 0 Å². The van der Waals surface area contributed by atoms with Gasteiger partial charge in [0.05, 0.1) is 5.54 Å². The van der Waals surface area contributed by atoms with Crippen molar-refractivity contribution in [1.82, 2.24) is 5.32 Å². The number of carbonyl (C=O) groups excluding carboxylic acids is 2. The van der Waals surface area contributed by atoms with Crippen LogP contribution in [-0.4, -0.2) is 11.8 Å². The topological polar surface area (TPSA) is 72.2 Å². The molecule has 3 N–H and O–H groups in total. The van der Waals surface area contributed by atoms with Gasteiger partial charge in [-0.2, -0.15) is 0 Å². The number of primary amides is 1. The number of hydrogen-bond donors (Lipinski definition) is 2. The molecule has 1 aliphatic rings. The first kappa shape index (κ1) is 14.3. The Morgan fingerprint density at radius 1 is 1.25 bits per heavy atom. The van der Waals surface area contributed by atoms with Crippen molar-refractivity contribution in [3.8, 4) is 0 Å². The molecule has 4 nitrogen and oxygen atoms in total. The molecule has 106 valence electrons. The maximum Gasteiger partial charge on any atom is 0.248 e. The monoisotopic (exact) mass is 272 g/mol. The minimum Gasteiger partial charge on any atom is -0.366 e. The van der Waals surface area contributed by atoms with Crippen molar-refractivity contribution < 1.29 is 9.59 Å². The van der Waals surface area contributed by atoms with Gasteiger partial charge in [-0.3, -0.25) is 9.59 Å². The third-order valence-corrected chi connectivity index (χ3v) is 3.95. The van der Waals surface area contributed by atoms with Crippen LogP contribution in [-0.2, 0) is 10.3 Å². The van der Waals surface area contributed by atoms with Crippen LogP contribution in [0.4, 0.5) is 0 Å². The number of nitrogens with one attached hydrogen (secondary N) is 1. The minimum absolute atomic E-state index is 0.184. The van der Waals surface area contributed by atoms with Gasteiger partial charge in [0.25, 0.3) is 0 Å². The molecule has 1 aromatic carbocycles. The van der Waals surface area contributed by atoms with E-state index in [1.165, 1.54) is 12.5 Å². The Labute approximate surface area is 119 Å². The van der Waals surface area contributed by atoms with E-state index in [-0.39, 0.29) is 5.91 Å². The van der Waals surface area contributed by atoms with Crippen molar-refractivity contribution in [2.24, 2.45) is 5.73 Å². The molecule has 0 unspecified atom stereocenters. The molecule has 0 radical (unpaired) electrons. The minimum atomic E-state index is -0.451.